The highest BCUT2D eigenvalue weighted by Crippen LogP contribution is 2.37. The molecule has 0 spiro atoms. The van der Waals surface area contributed by atoms with E-state index in [1.54, 1.807) is 127 Å². The van der Waals surface area contributed by atoms with Gasteiger partial charge in [-0.05, 0) is 84.9 Å². The first-order valence-electron chi connectivity index (χ1n) is 24.9. The Hall–Kier alpha value is -8.94. The fraction of sp³-hybridized carbons (Fsp3) is 0.197. The Morgan fingerprint density at radius 3 is 0.886 bits per heavy atom. The molecule has 0 unspecified atom stereocenters. The van der Waals surface area contributed by atoms with Crippen molar-refractivity contribution in [3.05, 3.63) is 251 Å². The molecule has 2 saturated heterocycles. The molecule has 79 heavy (non-hydrogen) atoms. The third-order valence-corrected chi connectivity index (χ3v) is 12.9. The molecule has 10 atom stereocenters. The summed E-state index contributed by atoms with van der Waals surface area (Å²) in [5.41, 5.74) is -0.873. The molecule has 17 nitrogen and oxygen atoms in total. The summed E-state index contributed by atoms with van der Waals surface area (Å²) >= 11 is 4.71. The van der Waals surface area contributed by atoms with Gasteiger partial charge < -0.3 is 47.4 Å². The van der Waals surface area contributed by atoms with Crippen LogP contribution in [0.1, 0.15) is 72.5 Å². The van der Waals surface area contributed by atoms with Crippen molar-refractivity contribution in [1.82, 2.24) is 0 Å². The quantitative estimate of drug-likeness (QED) is 0.0484. The molecule has 18 heteroatoms. The molecule has 2 fully saturated rings. The lowest BCUT2D eigenvalue weighted by Gasteiger charge is -2.48. The number of carbonyl (C=O) groups excluding carboxylic acids is 7. The fourth-order valence-corrected chi connectivity index (χ4v) is 8.98. The summed E-state index contributed by atoms with van der Waals surface area (Å²) in [5.74, 6) is -6.39. The van der Waals surface area contributed by atoms with Gasteiger partial charge in [-0.1, -0.05) is 127 Å². The molecule has 9 rings (SSSR count). The maximum atomic E-state index is 14.5. The minimum Gasteiger partial charge on any atom is -0.459 e. The highest BCUT2D eigenvalue weighted by Gasteiger charge is 2.58. The Labute approximate surface area is 458 Å². The maximum absolute atomic E-state index is 14.5. The maximum Gasteiger partial charge on any atom is 0.338 e. The summed E-state index contributed by atoms with van der Waals surface area (Å²) in [4.78, 5) is 98.9. The molecule has 0 saturated carbocycles. The van der Waals surface area contributed by atoms with E-state index in [1.165, 1.54) is 84.9 Å². The van der Waals surface area contributed by atoms with Crippen molar-refractivity contribution >= 4 is 54.4 Å². The van der Waals surface area contributed by atoms with Gasteiger partial charge in [-0.15, -0.1) is 12.6 Å². The molecule has 7 aromatic carbocycles. The predicted octanol–water partition coefficient (Wildman–Crippen LogP) is 8.59. The van der Waals surface area contributed by atoms with E-state index >= 15 is 0 Å². The number of benzene rings is 7. The van der Waals surface area contributed by atoms with E-state index in [9.17, 15) is 33.6 Å². The average molecular weight is 1090 g/mol. The summed E-state index contributed by atoms with van der Waals surface area (Å²) in [6.07, 6.45) is -15.9. The van der Waals surface area contributed by atoms with Crippen molar-refractivity contribution in [1.29, 1.82) is 0 Å². The van der Waals surface area contributed by atoms with Crippen molar-refractivity contribution < 1.29 is 80.9 Å². The van der Waals surface area contributed by atoms with Crippen LogP contribution in [0.2, 0.25) is 0 Å². The van der Waals surface area contributed by atoms with Gasteiger partial charge in [0.2, 0.25) is 0 Å². The average Bonchev–Trinajstić information content (AvgIpc) is 3.60. The van der Waals surface area contributed by atoms with Crippen LogP contribution >= 0.6 is 12.6 Å². The molecule has 7 aromatic rings. The summed E-state index contributed by atoms with van der Waals surface area (Å²) in [7, 11) is 0. The van der Waals surface area contributed by atoms with Gasteiger partial charge in [0.25, 0.3) is 0 Å². The number of thiol groups is 1. The minimum atomic E-state index is -2.02. The topological polar surface area (TPSA) is 212 Å². The zero-order chi connectivity index (χ0) is 55.1. The molecule has 0 aromatic heterocycles. The summed E-state index contributed by atoms with van der Waals surface area (Å²) in [6.45, 7) is -1.36. The van der Waals surface area contributed by atoms with Crippen molar-refractivity contribution in [2.45, 2.75) is 60.6 Å². The van der Waals surface area contributed by atoms with Crippen molar-refractivity contribution in [2.24, 2.45) is 0 Å². The van der Waals surface area contributed by atoms with E-state index in [1.807, 2.05) is 0 Å². The lowest BCUT2D eigenvalue weighted by Crippen LogP contribution is -2.66. The summed E-state index contributed by atoms with van der Waals surface area (Å²) in [5, 5.41) is 0. The first-order valence-corrected chi connectivity index (χ1v) is 25.4. The van der Waals surface area contributed by atoms with Crippen molar-refractivity contribution in [3.63, 3.8) is 0 Å². The fourth-order valence-electron chi connectivity index (χ4n) is 8.59. The van der Waals surface area contributed by atoms with Gasteiger partial charge in [-0.2, -0.15) is 0 Å². The number of ether oxygens (including phenoxy) is 10. The molecule has 2 aliphatic rings. The Morgan fingerprint density at radius 1 is 0.304 bits per heavy atom. The van der Waals surface area contributed by atoms with Crippen LogP contribution in [0.3, 0.4) is 0 Å². The Kier molecular flexibility index (Phi) is 18.3. The molecule has 0 bridgehead atoms. The van der Waals surface area contributed by atoms with Gasteiger partial charge in [-0.3, -0.25) is 0 Å². The van der Waals surface area contributed by atoms with Crippen LogP contribution in [0, 0.1) is 0 Å². The number of carbonyl (C=O) groups is 7. The minimum absolute atomic E-state index is 0.0123. The molecule has 0 aliphatic carbocycles. The van der Waals surface area contributed by atoms with E-state index in [4.69, 9.17) is 60.0 Å². The van der Waals surface area contributed by atoms with Crippen LogP contribution in [0.4, 0.5) is 0 Å². The van der Waals surface area contributed by atoms with Gasteiger partial charge in [-0.25, -0.2) is 33.6 Å². The Bertz CT molecular complexity index is 3170. The molecule has 0 N–H and O–H groups in total. The second-order valence-electron chi connectivity index (χ2n) is 17.8. The van der Waals surface area contributed by atoms with Crippen molar-refractivity contribution in [3.8, 4) is 0 Å². The van der Waals surface area contributed by atoms with Gasteiger partial charge in [0.1, 0.15) is 37.0 Å². The number of rotatable bonds is 18. The Balaban J connectivity index is 1.18. The molecule has 2 aliphatic heterocycles. The van der Waals surface area contributed by atoms with E-state index in [0.717, 1.165) is 0 Å². The van der Waals surface area contributed by atoms with E-state index < -0.39 is 116 Å². The smallest absolute Gasteiger partial charge is 0.338 e. The predicted molar refractivity (Wildman–Crippen MR) is 283 cm³/mol. The highest BCUT2D eigenvalue weighted by molar-refractivity contribution is 7.80. The standard InChI is InChI=1S/C61H50O17S/c62-53(38-22-8-1-9-23-38)69-36-45-47(73-55(64)40-26-12-3-13-27-40)49(74-56(65)41-28-14-4-15-29-41)51(76-58(67)43-32-18-6-19-33-43)60(71-45)78-48-46(37-70-54(63)39-24-10-2-11-25-39)72-61(79)52(77-59(68)44-34-20-7-21-35-44)50(48)75-57(66)42-30-16-5-17-31-42/h1-35,45-52,60-61,79H,36-37H2/t45-,46-,47+,48-,49+,50+,51-,52-,60+,61+/m1/s1. The molecule has 0 radical (unpaired) electrons. The van der Waals surface area contributed by atoms with Gasteiger partial charge in [0.05, 0.1) is 38.9 Å². The Morgan fingerprint density at radius 2 is 0.557 bits per heavy atom. The van der Waals surface area contributed by atoms with Crippen LogP contribution in [-0.4, -0.2) is 116 Å². The first-order chi connectivity index (χ1) is 38.5. The first kappa shape index (κ1) is 54.8. The second kappa shape index (κ2) is 26.4. The van der Waals surface area contributed by atoms with Gasteiger partial charge in [0, 0.05) is 0 Å². The van der Waals surface area contributed by atoms with E-state index in [-0.39, 0.29) is 38.9 Å². The lowest BCUT2D eigenvalue weighted by molar-refractivity contribution is -0.335. The zero-order valence-electron chi connectivity index (χ0n) is 41.8. The van der Waals surface area contributed by atoms with Crippen LogP contribution < -0.4 is 0 Å². The monoisotopic (exact) mass is 1090 g/mol. The van der Waals surface area contributed by atoms with Crippen molar-refractivity contribution in [2.75, 3.05) is 13.2 Å². The normalized spacial score (nSPS) is 22.4. The second-order valence-corrected chi connectivity index (χ2v) is 18.3. The number of hydrogen-bond acceptors (Lipinski definition) is 18. The zero-order valence-corrected chi connectivity index (χ0v) is 42.7. The van der Waals surface area contributed by atoms with Gasteiger partial charge in [0.15, 0.2) is 36.8 Å². The van der Waals surface area contributed by atoms with Gasteiger partial charge >= 0.3 is 41.8 Å². The molecular weight excluding hydrogens is 1040 g/mol. The summed E-state index contributed by atoms with van der Waals surface area (Å²) < 4.78 is 62.9. The van der Waals surface area contributed by atoms with Crippen LogP contribution in [-0.2, 0) is 47.4 Å². The van der Waals surface area contributed by atoms with Crippen LogP contribution in [0.15, 0.2) is 212 Å². The van der Waals surface area contributed by atoms with Crippen LogP contribution in [0.25, 0.3) is 0 Å². The van der Waals surface area contributed by atoms with Crippen LogP contribution in [0.5, 0.6) is 0 Å². The largest absolute Gasteiger partial charge is 0.459 e. The third-order valence-electron chi connectivity index (χ3n) is 12.5. The summed E-state index contributed by atoms with van der Waals surface area (Å²) in [6, 6.07) is 55.0. The highest BCUT2D eigenvalue weighted by atomic mass is 32.1. The number of hydrogen-bond donors (Lipinski definition) is 1. The number of esters is 7. The molecule has 2 heterocycles. The molecule has 402 valence electrons. The lowest BCUT2D eigenvalue weighted by atomic mass is 9.96. The SMILES string of the molecule is O=C(OC[C@H]1O[C@@H](O[C@H]2[C@H](OC(=O)c3ccccc3)[C@@H](OC(=O)c3ccccc3)[C@H](S)O[C@@H]2COC(=O)c2ccccc2)[C@H](OC(=O)c2ccccc2)[C@@H](OC(=O)c2ccccc2)[C@H]1OC(=O)c1ccccc1)c1ccccc1. The molecule has 0 amide bonds. The van der Waals surface area contributed by atoms with E-state index in [2.05, 4.69) is 0 Å². The molecular formula is C61H50O17S. The third kappa shape index (κ3) is 14.0. The van der Waals surface area contributed by atoms with E-state index in [0.29, 0.717) is 0 Å².